The Morgan fingerprint density at radius 1 is 1.26 bits per heavy atom. The van der Waals surface area contributed by atoms with Crippen LogP contribution in [-0.2, 0) is 4.79 Å². The van der Waals surface area contributed by atoms with E-state index in [-0.39, 0.29) is 29.4 Å². The van der Waals surface area contributed by atoms with Crippen LogP contribution in [0.5, 0.6) is 0 Å². The molecule has 1 fully saturated rings. The summed E-state index contributed by atoms with van der Waals surface area (Å²) in [6.45, 7) is 1.59. The van der Waals surface area contributed by atoms with E-state index in [9.17, 15) is 14.9 Å². The number of piperidine rings is 1. The van der Waals surface area contributed by atoms with E-state index in [2.05, 4.69) is 15.3 Å². The van der Waals surface area contributed by atoms with Crippen LogP contribution in [0.3, 0.4) is 0 Å². The first-order chi connectivity index (χ1) is 14.7. The predicted octanol–water partition coefficient (Wildman–Crippen LogP) is 2.77. The molecule has 1 saturated heterocycles. The number of nitrogens with one attached hydrogen (secondary N) is 1. The zero-order chi connectivity index (χ0) is 22.5. The summed E-state index contributed by atoms with van der Waals surface area (Å²) in [5, 5.41) is 15.2. The molecule has 0 radical (unpaired) electrons. The third-order valence-electron chi connectivity index (χ3n) is 5.20. The Balaban J connectivity index is 1.74. The van der Waals surface area contributed by atoms with E-state index in [0.717, 1.165) is 5.69 Å². The first-order valence-corrected chi connectivity index (χ1v) is 10.3. The van der Waals surface area contributed by atoms with Gasteiger partial charge < -0.3 is 20.0 Å². The van der Waals surface area contributed by atoms with Crippen LogP contribution in [0.4, 0.5) is 23.1 Å². The van der Waals surface area contributed by atoms with Gasteiger partial charge in [-0.05, 0) is 51.2 Å². The second-order valence-corrected chi connectivity index (χ2v) is 8.19. The highest BCUT2D eigenvalue weighted by atomic mass is 35.5. The summed E-state index contributed by atoms with van der Waals surface area (Å²) in [4.78, 5) is 37.4. The highest BCUT2D eigenvalue weighted by molar-refractivity contribution is 6.30. The van der Waals surface area contributed by atoms with Gasteiger partial charge in [0, 0.05) is 36.9 Å². The number of likely N-dealkylation sites (tertiary alicyclic amines) is 1. The number of amides is 1. The van der Waals surface area contributed by atoms with Crippen molar-refractivity contribution in [3.8, 4) is 0 Å². The van der Waals surface area contributed by atoms with Crippen LogP contribution >= 0.6 is 11.6 Å². The number of hydrogen-bond donors (Lipinski definition) is 1. The molecule has 0 bridgehead atoms. The van der Waals surface area contributed by atoms with Gasteiger partial charge in [0.05, 0.1) is 11.5 Å². The SMILES string of the molecule is CN(C)CC(=O)N1CCC(N(C)c2nc(Nc3ccc(Cl)cc3)ncc2[N+](=O)[O-])CC1. The van der Waals surface area contributed by atoms with E-state index in [1.807, 2.05) is 28.8 Å². The number of aromatic nitrogens is 2. The number of carbonyl (C=O) groups excluding carboxylic acids is 1. The zero-order valence-electron chi connectivity index (χ0n) is 17.8. The number of nitro groups is 1. The summed E-state index contributed by atoms with van der Waals surface area (Å²) in [5.41, 5.74) is 0.565. The summed E-state index contributed by atoms with van der Waals surface area (Å²) in [5.74, 6) is 0.594. The Kier molecular flexibility index (Phi) is 7.24. The third kappa shape index (κ3) is 5.80. The van der Waals surface area contributed by atoms with Gasteiger partial charge in [0.2, 0.25) is 17.7 Å². The monoisotopic (exact) mass is 447 g/mol. The number of carbonyl (C=O) groups is 1. The largest absolute Gasteiger partial charge is 0.351 e. The molecule has 1 aromatic heterocycles. The fourth-order valence-electron chi connectivity index (χ4n) is 3.52. The molecule has 2 aromatic rings. The van der Waals surface area contributed by atoms with E-state index in [1.54, 1.807) is 31.3 Å². The average Bonchev–Trinajstić information content (AvgIpc) is 2.74. The molecule has 1 N–H and O–H groups in total. The molecule has 31 heavy (non-hydrogen) atoms. The highest BCUT2D eigenvalue weighted by Gasteiger charge is 2.30. The van der Waals surface area contributed by atoms with Crippen LogP contribution in [0, 0.1) is 10.1 Å². The van der Waals surface area contributed by atoms with Crippen LogP contribution in [0.2, 0.25) is 5.02 Å². The van der Waals surface area contributed by atoms with Gasteiger partial charge in [-0.15, -0.1) is 0 Å². The normalized spacial score (nSPS) is 14.5. The van der Waals surface area contributed by atoms with Crippen molar-refractivity contribution < 1.29 is 9.72 Å². The first kappa shape index (κ1) is 22.7. The molecule has 0 spiro atoms. The number of nitrogens with zero attached hydrogens (tertiary/aromatic N) is 6. The maximum atomic E-state index is 12.3. The van der Waals surface area contributed by atoms with Crippen molar-refractivity contribution in [2.24, 2.45) is 0 Å². The molecule has 0 atom stereocenters. The van der Waals surface area contributed by atoms with Crippen molar-refractivity contribution in [1.29, 1.82) is 0 Å². The summed E-state index contributed by atoms with van der Waals surface area (Å²) < 4.78 is 0. The second kappa shape index (κ2) is 9.88. The van der Waals surface area contributed by atoms with Crippen molar-refractivity contribution in [3.63, 3.8) is 0 Å². The topological polar surface area (TPSA) is 108 Å². The smallest absolute Gasteiger partial charge is 0.329 e. The standard InChI is InChI=1S/C20H26ClN7O3/c1-25(2)13-18(29)27-10-8-16(9-11-27)26(3)19-17(28(30)31)12-22-20(24-19)23-15-6-4-14(21)5-7-15/h4-7,12,16H,8-11,13H2,1-3H3,(H,22,23,24). The fourth-order valence-corrected chi connectivity index (χ4v) is 3.65. The maximum absolute atomic E-state index is 12.3. The molecule has 2 heterocycles. The van der Waals surface area contributed by atoms with E-state index in [4.69, 9.17) is 11.6 Å². The molecule has 0 saturated carbocycles. The molecule has 166 valence electrons. The molecule has 1 aliphatic rings. The fraction of sp³-hybridized carbons (Fsp3) is 0.450. The maximum Gasteiger partial charge on any atom is 0.329 e. The molecule has 3 rings (SSSR count). The Hall–Kier alpha value is -2.98. The highest BCUT2D eigenvalue weighted by Crippen LogP contribution is 2.30. The number of anilines is 3. The Bertz CT molecular complexity index is 931. The van der Waals surface area contributed by atoms with Crippen LogP contribution < -0.4 is 10.2 Å². The van der Waals surface area contributed by atoms with Crippen molar-refractivity contribution >= 4 is 40.6 Å². The summed E-state index contributed by atoms with van der Waals surface area (Å²) in [6, 6.07) is 7.04. The number of hydrogen-bond acceptors (Lipinski definition) is 8. The molecule has 10 nitrogen and oxygen atoms in total. The lowest BCUT2D eigenvalue weighted by Crippen LogP contribution is -2.48. The summed E-state index contributed by atoms with van der Waals surface area (Å²) in [6.07, 6.45) is 2.63. The zero-order valence-corrected chi connectivity index (χ0v) is 18.5. The third-order valence-corrected chi connectivity index (χ3v) is 5.45. The molecule has 1 aliphatic heterocycles. The molecule has 0 unspecified atom stereocenters. The molecule has 1 amide bonds. The van der Waals surface area contributed by atoms with E-state index >= 15 is 0 Å². The van der Waals surface area contributed by atoms with E-state index < -0.39 is 4.92 Å². The van der Waals surface area contributed by atoms with Gasteiger partial charge in [-0.25, -0.2) is 4.98 Å². The van der Waals surface area contributed by atoms with Crippen LogP contribution in [0.25, 0.3) is 0 Å². The van der Waals surface area contributed by atoms with Crippen molar-refractivity contribution in [2.45, 2.75) is 18.9 Å². The molecule has 0 aliphatic carbocycles. The number of likely N-dealkylation sites (N-methyl/N-ethyl adjacent to an activating group) is 1. The van der Waals surface area contributed by atoms with Gasteiger partial charge >= 0.3 is 5.69 Å². The van der Waals surface area contributed by atoms with Crippen molar-refractivity contribution in [2.75, 3.05) is 51.0 Å². The van der Waals surface area contributed by atoms with Crippen molar-refractivity contribution in [1.82, 2.24) is 19.8 Å². The Morgan fingerprint density at radius 2 is 1.90 bits per heavy atom. The lowest BCUT2D eigenvalue weighted by molar-refractivity contribution is -0.384. The van der Waals surface area contributed by atoms with Crippen LogP contribution in [0.1, 0.15) is 12.8 Å². The molecular weight excluding hydrogens is 422 g/mol. The minimum Gasteiger partial charge on any atom is -0.351 e. The molecule has 11 heteroatoms. The lowest BCUT2D eigenvalue weighted by atomic mass is 10.0. The second-order valence-electron chi connectivity index (χ2n) is 7.75. The van der Waals surface area contributed by atoms with E-state index in [0.29, 0.717) is 37.5 Å². The quantitative estimate of drug-likeness (QED) is 0.510. The Labute approximate surface area is 186 Å². The Morgan fingerprint density at radius 3 is 2.48 bits per heavy atom. The van der Waals surface area contributed by atoms with Crippen LogP contribution in [-0.4, -0.2) is 77.4 Å². The molecular formula is C20H26ClN7O3. The summed E-state index contributed by atoms with van der Waals surface area (Å²) in [7, 11) is 5.52. The number of benzene rings is 1. The van der Waals surface area contributed by atoms with Gasteiger partial charge in [-0.2, -0.15) is 4.98 Å². The molecule has 1 aromatic carbocycles. The van der Waals surface area contributed by atoms with Crippen LogP contribution in [0.15, 0.2) is 30.5 Å². The van der Waals surface area contributed by atoms with Gasteiger partial charge in [-0.3, -0.25) is 14.9 Å². The van der Waals surface area contributed by atoms with Gasteiger partial charge in [0.1, 0.15) is 6.20 Å². The predicted molar refractivity (Wildman–Crippen MR) is 120 cm³/mol. The number of rotatable bonds is 7. The van der Waals surface area contributed by atoms with Gasteiger partial charge in [-0.1, -0.05) is 11.6 Å². The minimum atomic E-state index is -0.479. The average molecular weight is 448 g/mol. The number of halogens is 1. The van der Waals surface area contributed by atoms with Gasteiger partial charge in [0.25, 0.3) is 0 Å². The lowest BCUT2D eigenvalue weighted by Gasteiger charge is -2.37. The van der Waals surface area contributed by atoms with Gasteiger partial charge in [0.15, 0.2) is 0 Å². The first-order valence-electron chi connectivity index (χ1n) is 9.94. The van der Waals surface area contributed by atoms with Crippen molar-refractivity contribution in [3.05, 3.63) is 45.6 Å². The van der Waals surface area contributed by atoms with E-state index in [1.165, 1.54) is 6.20 Å². The summed E-state index contributed by atoms with van der Waals surface area (Å²) >= 11 is 5.91. The minimum absolute atomic E-state index is 0.0281.